The first-order valence-corrected chi connectivity index (χ1v) is 15.8. The predicted octanol–water partition coefficient (Wildman–Crippen LogP) is 10.9. The summed E-state index contributed by atoms with van der Waals surface area (Å²) in [5.41, 5.74) is 3.20. The largest absolute Gasteiger partial charge is 0.0654 e. The summed E-state index contributed by atoms with van der Waals surface area (Å²) in [6.07, 6.45) is 29.5. The second-order valence-corrected chi connectivity index (χ2v) is 12.9. The van der Waals surface area contributed by atoms with Gasteiger partial charge < -0.3 is 0 Å². The lowest BCUT2D eigenvalue weighted by atomic mass is 9.74. The highest BCUT2D eigenvalue weighted by atomic mass is 14.3. The average molecular weight is 465 g/mol. The lowest BCUT2D eigenvalue weighted by Gasteiger charge is -2.32. The highest BCUT2D eigenvalue weighted by Crippen LogP contribution is 2.39. The van der Waals surface area contributed by atoms with Gasteiger partial charge in [-0.3, -0.25) is 0 Å². The van der Waals surface area contributed by atoms with Crippen molar-refractivity contribution in [2.75, 3.05) is 0 Å². The van der Waals surface area contributed by atoms with Crippen molar-refractivity contribution in [1.29, 1.82) is 0 Å². The summed E-state index contributed by atoms with van der Waals surface area (Å²) in [6, 6.07) is 9.87. The molecule has 1 aromatic carbocycles. The highest BCUT2D eigenvalue weighted by Gasteiger charge is 2.25. The summed E-state index contributed by atoms with van der Waals surface area (Å²) >= 11 is 0. The Morgan fingerprint density at radius 2 is 1.00 bits per heavy atom. The fraction of sp³-hybridized carbons (Fsp3) is 0.824. The first kappa shape index (κ1) is 26.3. The number of aryl methyl sites for hydroxylation is 1. The second kappa shape index (κ2) is 14.1. The van der Waals surface area contributed by atoms with E-state index in [1.807, 2.05) is 0 Å². The van der Waals surface area contributed by atoms with Gasteiger partial charge in [-0.25, -0.2) is 0 Å². The minimum atomic E-state index is 0.836. The molecule has 3 fully saturated rings. The van der Waals surface area contributed by atoms with Crippen LogP contribution < -0.4 is 0 Å². The van der Waals surface area contributed by atoms with Crippen LogP contribution in [0.5, 0.6) is 0 Å². The van der Waals surface area contributed by atoms with Gasteiger partial charge in [0.1, 0.15) is 0 Å². The van der Waals surface area contributed by atoms with Crippen LogP contribution in [0.1, 0.15) is 153 Å². The van der Waals surface area contributed by atoms with Crippen molar-refractivity contribution in [1.82, 2.24) is 0 Å². The van der Waals surface area contributed by atoms with E-state index in [0.717, 1.165) is 35.5 Å². The molecule has 0 saturated heterocycles. The Morgan fingerprint density at radius 1 is 0.529 bits per heavy atom. The van der Waals surface area contributed by atoms with E-state index >= 15 is 0 Å². The zero-order valence-corrected chi connectivity index (χ0v) is 22.9. The molecule has 4 rings (SSSR count). The molecule has 3 aliphatic carbocycles. The third-order valence-electron chi connectivity index (χ3n) is 10.6. The molecule has 0 spiro atoms. The van der Waals surface area contributed by atoms with Gasteiger partial charge in [0, 0.05) is 0 Å². The zero-order chi connectivity index (χ0) is 23.6. The first-order chi connectivity index (χ1) is 16.7. The Bertz CT molecular complexity index is 648. The molecule has 0 aromatic heterocycles. The molecule has 34 heavy (non-hydrogen) atoms. The Hall–Kier alpha value is -0.780. The van der Waals surface area contributed by atoms with Gasteiger partial charge in [-0.05, 0) is 85.2 Å². The van der Waals surface area contributed by atoms with Crippen molar-refractivity contribution >= 4 is 0 Å². The lowest BCUT2D eigenvalue weighted by molar-refractivity contribution is 0.209. The molecule has 0 radical (unpaired) electrons. The van der Waals surface area contributed by atoms with Crippen LogP contribution in [0.3, 0.4) is 0 Å². The normalized spacial score (nSPS) is 32.5. The molecule has 0 aliphatic heterocycles. The minimum Gasteiger partial charge on any atom is -0.0654 e. The van der Waals surface area contributed by atoms with E-state index in [4.69, 9.17) is 0 Å². The Labute approximate surface area is 213 Å². The fourth-order valence-corrected chi connectivity index (χ4v) is 7.81. The van der Waals surface area contributed by atoms with E-state index in [0.29, 0.717) is 0 Å². The van der Waals surface area contributed by atoms with Gasteiger partial charge in [-0.2, -0.15) is 0 Å². The molecule has 0 nitrogen and oxygen atoms in total. The molecule has 0 N–H and O–H groups in total. The van der Waals surface area contributed by atoms with E-state index in [-0.39, 0.29) is 0 Å². The Kier molecular flexibility index (Phi) is 10.9. The Balaban J connectivity index is 1.08. The molecule has 3 aliphatic rings. The monoisotopic (exact) mass is 464 g/mol. The molecule has 1 aromatic rings. The van der Waals surface area contributed by atoms with Crippen molar-refractivity contribution in [3.63, 3.8) is 0 Å². The zero-order valence-electron chi connectivity index (χ0n) is 22.9. The van der Waals surface area contributed by atoms with Gasteiger partial charge in [-0.1, -0.05) is 128 Å². The van der Waals surface area contributed by atoms with Gasteiger partial charge in [0.05, 0.1) is 0 Å². The van der Waals surface area contributed by atoms with Crippen molar-refractivity contribution in [3.05, 3.63) is 35.4 Å². The number of rotatable bonds is 11. The number of benzene rings is 1. The van der Waals surface area contributed by atoms with Crippen LogP contribution in [0.2, 0.25) is 0 Å². The summed E-state index contributed by atoms with van der Waals surface area (Å²) < 4.78 is 0. The van der Waals surface area contributed by atoms with Gasteiger partial charge in [0.2, 0.25) is 0 Å². The van der Waals surface area contributed by atoms with E-state index in [1.54, 1.807) is 49.7 Å². The quantitative estimate of drug-likeness (QED) is 0.305. The van der Waals surface area contributed by atoms with Crippen LogP contribution in [0, 0.1) is 29.6 Å². The maximum atomic E-state index is 2.47. The maximum absolute atomic E-state index is 2.47. The summed E-state index contributed by atoms with van der Waals surface area (Å²) in [4.78, 5) is 0. The smallest absolute Gasteiger partial charge is 0.0162 e. The SMILES string of the molecule is CCCC[C@H]1CC[C@H](CC[C@H]2CC[C@H](CCc3ccc([C@H]4CC[C@H](CC)CC4)cc3)CC2)CC1. The average Bonchev–Trinajstić information content (AvgIpc) is 2.91. The van der Waals surface area contributed by atoms with E-state index in [2.05, 4.69) is 38.1 Å². The standard InChI is InChI=1S/C34H56/c1-3-5-6-28-7-9-29(10-8-28)11-12-30-13-15-31(16-14-30)17-18-32-21-25-34(26-22-32)33-23-19-27(4-2)20-24-33/h21-22,25-31,33H,3-20,23-24H2,1-2H3/t27-,28-,29-,30-,31-,33-. The van der Waals surface area contributed by atoms with Crippen LogP contribution in [0.15, 0.2) is 24.3 Å². The third kappa shape index (κ3) is 8.13. The maximum Gasteiger partial charge on any atom is -0.0162 e. The molecule has 0 heteroatoms. The number of hydrogen-bond acceptors (Lipinski definition) is 0. The molecule has 192 valence electrons. The predicted molar refractivity (Wildman–Crippen MR) is 149 cm³/mol. The molecular formula is C34H56. The van der Waals surface area contributed by atoms with Gasteiger partial charge >= 0.3 is 0 Å². The number of hydrogen-bond donors (Lipinski definition) is 0. The topological polar surface area (TPSA) is 0 Å². The highest BCUT2D eigenvalue weighted by molar-refractivity contribution is 5.26. The van der Waals surface area contributed by atoms with Crippen molar-refractivity contribution in [3.8, 4) is 0 Å². The molecular weight excluding hydrogens is 408 g/mol. The van der Waals surface area contributed by atoms with Crippen LogP contribution in [-0.2, 0) is 6.42 Å². The van der Waals surface area contributed by atoms with Crippen LogP contribution in [0.4, 0.5) is 0 Å². The first-order valence-electron chi connectivity index (χ1n) is 15.8. The van der Waals surface area contributed by atoms with Gasteiger partial charge in [0.25, 0.3) is 0 Å². The van der Waals surface area contributed by atoms with Gasteiger partial charge in [0.15, 0.2) is 0 Å². The molecule has 0 atom stereocenters. The molecule has 0 bridgehead atoms. The van der Waals surface area contributed by atoms with Crippen molar-refractivity contribution < 1.29 is 0 Å². The van der Waals surface area contributed by atoms with Crippen LogP contribution >= 0.6 is 0 Å². The molecule has 0 unspecified atom stereocenters. The van der Waals surface area contributed by atoms with E-state index < -0.39 is 0 Å². The van der Waals surface area contributed by atoms with Crippen molar-refractivity contribution in [2.24, 2.45) is 29.6 Å². The van der Waals surface area contributed by atoms with Gasteiger partial charge in [-0.15, -0.1) is 0 Å². The summed E-state index contributed by atoms with van der Waals surface area (Å²) in [7, 11) is 0. The molecule has 0 amide bonds. The van der Waals surface area contributed by atoms with Crippen LogP contribution in [-0.4, -0.2) is 0 Å². The summed E-state index contributed by atoms with van der Waals surface area (Å²) in [5, 5.41) is 0. The molecule has 0 heterocycles. The third-order valence-corrected chi connectivity index (χ3v) is 10.6. The minimum absolute atomic E-state index is 0.836. The summed E-state index contributed by atoms with van der Waals surface area (Å²) in [5.74, 6) is 6.03. The van der Waals surface area contributed by atoms with E-state index in [9.17, 15) is 0 Å². The second-order valence-electron chi connectivity index (χ2n) is 12.9. The number of unbranched alkanes of at least 4 members (excludes halogenated alkanes) is 1. The lowest BCUT2D eigenvalue weighted by Crippen LogP contribution is -2.18. The van der Waals surface area contributed by atoms with Crippen LogP contribution in [0.25, 0.3) is 0 Å². The fourth-order valence-electron chi connectivity index (χ4n) is 7.81. The summed E-state index contributed by atoms with van der Waals surface area (Å²) in [6.45, 7) is 4.71. The Morgan fingerprint density at radius 3 is 1.50 bits per heavy atom. The van der Waals surface area contributed by atoms with Crippen molar-refractivity contribution in [2.45, 2.75) is 148 Å². The molecule has 3 saturated carbocycles. The van der Waals surface area contributed by atoms with E-state index in [1.165, 1.54) is 89.9 Å².